The average Bonchev–Trinajstić information content (AvgIpc) is 1.56. The van der Waals surface area contributed by atoms with E-state index in [9.17, 15) is 5.26 Å². The van der Waals surface area contributed by atoms with Gasteiger partial charge in [-0.3, -0.25) is 15.0 Å². The van der Waals surface area contributed by atoms with Crippen LogP contribution >= 0.6 is 0 Å². The van der Waals surface area contributed by atoms with Crippen LogP contribution in [0.5, 0.6) is 11.5 Å². The lowest BCUT2D eigenvalue weighted by molar-refractivity contribution is 0.435. The van der Waals surface area contributed by atoms with E-state index in [1.54, 1.807) is 0 Å². The first kappa shape index (κ1) is 50.1. The van der Waals surface area contributed by atoms with E-state index in [-0.39, 0.29) is 0 Å². The molecule has 9 heterocycles. The normalized spacial score (nSPS) is 13.1. The van der Waals surface area contributed by atoms with E-state index >= 15 is 0 Å². The number of ether oxygens (including phenoxy) is 1. The third kappa shape index (κ3) is 6.55. The molecule has 11 aromatic carbocycles. The third-order valence-electron chi connectivity index (χ3n) is 20.1. The van der Waals surface area contributed by atoms with E-state index in [4.69, 9.17) is 19.7 Å². The van der Waals surface area contributed by atoms with Gasteiger partial charge in [0.05, 0.1) is 119 Å². The fourth-order valence-electron chi connectivity index (χ4n) is 16.4. The molecule has 8 aromatic heterocycles. The van der Waals surface area contributed by atoms with Crippen LogP contribution in [-0.2, 0) is 5.41 Å². The van der Waals surface area contributed by atoms with Crippen molar-refractivity contribution in [2.45, 2.75) is 5.41 Å². The minimum atomic E-state index is -1.12. The Hall–Kier alpha value is -12.8. The lowest BCUT2D eigenvalue weighted by atomic mass is 9.65. The molecule has 0 saturated carbocycles. The first-order valence-corrected chi connectivity index (χ1v) is 31.4. The van der Waals surface area contributed by atoms with Crippen molar-refractivity contribution in [2.75, 3.05) is 0 Å². The van der Waals surface area contributed by atoms with Crippen molar-refractivity contribution in [3.8, 4) is 57.4 Å². The molecule has 2 aliphatic rings. The van der Waals surface area contributed by atoms with Gasteiger partial charge in [-0.2, -0.15) is 5.26 Å². The minimum absolute atomic E-state index is 0.631. The fourth-order valence-corrected chi connectivity index (χ4v) is 16.4. The molecule has 0 fully saturated rings. The number of pyridine rings is 3. The van der Waals surface area contributed by atoms with Crippen molar-refractivity contribution < 1.29 is 4.74 Å². The van der Waals surface area contributed by atoms with Crippen LogP contribution in [0.15, 0.2) is 286 Å². The van der Waals surface area contributed by atoms with Gasteiger partial charge in [-0.1, -0.05) is 140 Å². The summed E-state index contributed by atoms with van der Waals surface area (Å²) in [6.07, 6.45) is 7.94. The maximum atomic E-state index is 9.98. The second kappa shape index (κ2) is 18.4. The van der Waals surface area contributed by atoms with Gasteiger partial charge in [0.2, 0.25) is 0 Å². The number of benzene rings is 11. The van der Waals surface area contributed by atoms with Crippen LogP contribution in [0.1, 0.15) is 27.8 Å². The van der Waals surface area contributed by atoms with E-state index in [1.165, 1.54) is 21.5 Å². The standard InChI is InChI=1S/C83H47N9O/c84-45-49-32-36-74-62(40-49)60-22-7-12-27-71(60)88(74)50-34-37-75-63(41-50)61-38-39-85-48-77(61)89(75)51-33-35-64-79(44-51)93-78-31-15-30-76(92-72-28-13-5-20-58(72)59-21-6-14-29-73(59)92)80(78)83(64)65-42-52(90-67-23-8-1-16-54(67)55-17-2-9-24-68(55)90)46-86-81(65)82-66(83)43-53(47-87-82)91-69-25-10-3-18-56(69)57-19-4-11-26-70(57)91/h1-44,46-48H. The molecule has 19 aromatic rings. The van der Waals surface area contributed by atoms with Crippen molar-refractivity contribution in [2.24, 2.45) is 0 Å². The highest BCUT2D eigenvalue weighted by molar-refractivity contribution is 6.14. The molecule has 10 nitrogen and oxygen atoms in total. The summed E-state index contributed by atoms with van der Waals surface area (Å²) >= 11 is 0. The van der Waals surface area contributed by atoms with Gasteiger partial charge in [0, 0.05) is 99.8 Å². The quantitative estimate of drug-likeness (QED) is 0.171. The van der Waals surface area contributed by atoms with E-state index in [1.807, 2.05) is 36.9 Å². The molecule has 1 spiro atoms. The van der Waals surface area contributed by atoms with Crippen LogP contribution in [-0.4, -0.2) is 37.8 Å². The molecule has 1 aliphatic carbocycles. The number of nitriles is 1. The van der Waals surface area contributed by atoms with Gasteiger partial charge in [-0.05, 0) is 115 Å². The second-order valence-corrected chi connectivity index (χ2v) is 24.6. The van der Waals surface area contributed by atoms with E-state index in [0.717, 1.165) is 155 Å². The summed E-state index contributed by atoms with van der Waals surface area (Å²) in [5.74, 6) is 1.43. The number of hydrogen-bond acceptors (Lipinski definition) is 5. The minimum Gasteiger partial charge on any atom is -0.457 e. The van der Waals surface area contributed by atoms with Crippen LogP contribution in [0, 0.1) is 11.3 Å². The molecule has 0 unspecified atom stereocenters. The van der Waals surface area contributed by atoms with Crippen molar-refractivity contribution in [3.63, 3.8) is 0 Å². The van der Waals surface area contributed by atoms with Gasteiger partial charge in [-0.15, -0.1) is 0 Å². The van der Waals surface area contributed by atoms with Crippen LogP contribution in [0.2, 0.25) is 0 Å². The van der Waals surface area contributed by atoms with Crippen LogP contribution in [0.3, 0.4) is 0 Å². The summed E-state index contributed by atoms with van der Waals surface area (Å²) in [6, 6.07) is 96.1. The van der Waals surface area contributed by atoms with Crippen molar-refractivity contribution >= 4 is 109 Å². The smallest absolute Gasteiger partial charge is 0.134 e. The van der Waals surface area contributed by atoms with Crippen molar-refractivity contribution in [3.05, 3.63) is 313 Å². The summed E-state index contributed by atoms with van der Waals surface area (Å²) < 4.78 is 19.5. The largest absolute Gasteiger partial charge is 0.457 e. The molecular weight excluding hydrogens is 1140 g/mol. The molecule has 1 aliphatic heterocycles. The maximum Gasteiger partial charge on any atom is 0.134 e. The molecule has 0 radical (unpaired) electrons. The highest BCUT2D eigenvalue weighted by atomic mass is 16.5. The van der Waals surface area contributed by atoms with Gasteiger partial charge < -0.3 is 27.6 Å². The Labute approximate surface area is 530 Å². The van der Waals surface area contributed by atoms with Gasteiger partial charge >= 0.3 is 0 Å². The number of para-hydroxylation sites is 7. The zero-order valence-corrected chi connectivity index (χ0v) is 49.6. The van der Waals surface area contributed by atoms with Gasteiger partial charge in [0.25, 0.3) is 0 Å². The Morgan fingerprint density at radius 1 is 0.312 bits per heavy atom. The summed E-state index contributed by atoms with van der Waals surface area (Å²) in [5.41, 5.74) is 20.5. The highest BCUT2D eigenvalue weighted by Crippen LogP contribution is 2.64. The second-order valence-electron chi connectivity index (χ2n) is 24.6. The molecule has 0 N–H and O–H groups in total. The molecule has 0 saturated heterocycles. The SMILES string of the molecule is N#Cc1ccc2c(c1)c1ccccc1n2-c1ccc2c(c1)c1ccncc1n2-c1ccc2c(c1)Oc1cccc(-n3c4ccccc4c4ccccc43)c1C21c2cc(-n3c4ccccc4c4ccccc43)cnc2-c2ncc(-n3c4ccccc4c4ccccc43)cc21. The average molecular weight is 1190 g/mol. The van der Waals surface area contributed by atoms with Gasteiger partial charge in [-0.25, -0.2) is 0 Å². The summed E-state index contributed by atoms with van der Waals surface area (Å²) in [4.78, 5) is 16.2. The lowest BCUT2D eigenvalue weighted by Gasteiger charge is -2.40. The van der Waals surface area contributed by atoms with Crippen LogP contribution < -0.4 is 4.74 Å². The lowest BCUT2D eigenvalue weighted by Crippen LogP contribution is -2.34. The first-order chi connectivity index (χ1) is 46.1. The van der Waals surface area contributed by atoms with Crippen molar-refractivity contribution in [1.29, 1.82) is 5.26 Å². The first-order valence-electron chi connectivity index (χ1n) is 31.4. The van der Waals surface area contributed by atoms with E-state index in [0.29, 0.717) is 11.3 Å². The Morgan fingerprint density at radius 3 is 1.26 bits per heavy atom. The van der Waals surface area contributed by atoms with Crippen molar-refractivity contribution in [1.82, 2.24) is 37.8 Å². The number of hydrogen-bond donors (Lipinski definition) is 0. The Balaban J connectivity index is 0.869. The number of nitrogens with zero attached hydrogens (tertiary/aromatic N) is 9. The Kier molecular flexibility index (Phi) is 9.90. The molecule has 21 rings (SSSR count). The highest BCUT2D eigenvalue weighted by Gasteiger charge is 2.55. The number of rotatable bonds is 5. The summed E-state index contributed by atoms with van der Waals surface area (Å²) in [5, 5.41) is 21.3. The topological polar surface area (TPSA) is 96.3 Å². The number of aromatic nitrogens is 8. The molecule has 10 heteroatoms. The van der Waals surface area contributed by atoms with Crippen LogP contribution in [0.4, 0.5) is 0 Å². The molecule has 0 amide bonds. The molecule has 0 bridgehead atoms. The number of fused-ring (bicyclic) bond motifs is 24. The fraction of sp³-hybridized carbons (Fsp3) is 0.0120. The molecule has 430 valence electrons. The molecule has 0 atom stereocenters. The predicted molar refractivity (Wildman–Crippen MR) is 374 cm³/mol. The van der Waals surface area contributed by atoms with Gasteiger partial charge in [0.15, 0.2) is 0 Å². The molecule has 93 heavy (non-hydrogen) atoms. The Morgan fingerprint density at radius 2 is 0.731 bits per heavy atom. The monoisotopic (exact) mass is 1190 g/mol. The zero-order valence-electron chi connectivity index (χ0n) is 49.6. The zero-order chi connectivity index (χ0) is 60.8. The van der Waals surface area contributed by atoms with Gasteiger partial charge in [0.1, 0.15) is 11.5 Å². The summed E-state index contributed by atoms with van der Waals surface area (Å²) in [7, 11) is 0. The van der Waals surface area contributed by atoms with Crippen LogP contribution in [0.25, 0.3) is 149 Å². The predicted octanol–water partition coefficient (Wildman–Crippen LogP) is 19.7. The summed E-state index contributed by atoms with van der Waals surface area (Å²) in [6.45, 7) is 0. The Bertz CT molecular complexity index is 6260. The van der Waals surface area contributed by atoms with E-state index in [2.05, 4.69) is 278 Å². The van der Waals surface area contributed by atoms with E-state index < -0.39 is 5.41 Å². The third-order valence-corrected chi connectivity index (χ3v) is 20.1. The maximum absolute atomic E-state index is 9.98. The molecular formula is C83H47N9O.